The Morgan fingerprint density at radius 3 is 2.56 bits per heavy atom. The van der Waals surface area contributed by atoms with Crippen LogP contribution in [-0.4, -0.2) is 30.7 Å². The lowest BCUT2D eigenvalue weighted by atomic mass is 10.2. The maximum absolute atomic E-state index is 11.0. The van der Waals surface area contributed by atoms with Crippen molar-refractivity contribution in [1.82, 2.24) is 14.8 Å². The van der Waals surface area contributed by atoms with Gasteiger partial charge in [-0.1, -0.05) is 42.0 Å². The highest BCUT2D eigenvalue weighted by Gasteiger charge is 2.20. The van der Waals surface area contributed by atoms with Gasteiger partial charge in [0, 0.05) is 15.5 Å². The van der Waals surface area contributed by atoms with Crippen LogP contribution in [0, 0.1) is 0 Å². The van der Waals surface area contributed by atoms with E-state index in [4.69, 9.17) is 28.9 Å². The number of thiocarbonyl (C=S) groups is 1. The third-order valence-corrected chi connectivity index (χ3v) is 4.28. The normalized spacial score (nSPS) is 10.6. The maximum Gasteiger partial charge on any atom is 0.308 e. The molecule has 3 rings (SSSR count). The third kappa shape index (κ3) is 3.89. The van der Waals surface area contributed by atoms with Crippen LogP contribution in [0.15, 0.2) is 53.4 Å². The average molecular weight is 390 g/mol. The Morgan fingerprint density at radius 2 is 1.92 bits per heavy atom. The summed E-state index contributed by atoms with van der Waals surface area (Å²) in [5.74, 6) is -0.172. The van der Waals surface area contributed by atoms with Gasteiger partial charge in [-0.25, -0.2) is 0 Å². The molecule has 0 saturated carbocycles. The molecule has 3 aromatic rings. The maximum atomic E-state index is 11.0. The summed E-state index contributed by atoms with van der Waals surface area (Å²) in [7, 11) is 0. The van der Waals surface area contributed by atoms with Gasteiger partial charge in [0.25, 0.3) is 0 Å². The standard InChI is InChI=1S/C17H12ClN3O2S2/c18-11-2-1-3-12(8-11)21-16(10-4-6-13(24)7-5-10)19-20-17(21)14(25)9-15(22)23/h1-8,24H,9H2,(H,22,23). The Balaban J connectivity index is 2.19. The smallest absolute Gasteiger partial charge is 0.308 e. The van der Waals surface area contributed by atoms with Crippen LogP contribution in [-0.2, 0) is 4.79 Å². The summed E-state index contributed by atoms with van der Waals surface area (Å²) in [5.41, 5.74) is 1.50. The lowest BCUT2D eigenvalue weighted by molar-refractivity contribution is -0.135. The number of hydrogen-bond donors (Lipinski definition) is 2. The predicted octanol–water partition coefficient (Wildman–Crippen LogP) is 4.07. The summed E-state index contributed by atoms with van der Waals surface area (Å²) in [6, 6.07) is 14.5. The molecule has 0 atom stereocenters. The number of rotatable bonds is 5. The Morgan fingerprint density at radius 1 is 1.20 bits per heavy atom. The molecule has 1 heterocycles. The van der Waals surface area contributed by atoms with Crippen LogP contribution in [0.4, 0.5) is 0 Å². The first kappa shape index (κ1) is 17.6. The Labute approximate surface area is 159 Å². The van der Waals surface area contributed by atoms with Crippen molar-refractivity contribution < 1.29 is 9.90 Å². The molecule has 0 aliphatic rings. The van der Waals surface area contributed by atoms with Crippen molar-refractivity contribution >= 4 is 47.3 Å². The SMILES string of the molecule is O=C(O)CC(=S)c1nnc(-c2ccc(S)cc2)n1-c1cccc(Cl)c1. The van der Waals surface area contributed by atoms with Gasteiger partial charge in [0.2, 0.25) is 0 Å². The zero-order valence-corrected chi connectivity index (χ0v) is 15.2. The van der Waals surface area contributed by atoms with Crippen LogP contribution in [0.2, 0.25) is 5.02 Å². The number of carboxylic acid groups (broad SMARTS) is 1. The number of benzene rings is 2. The van der Waals surface area contributed by atoms with Gasteiger partial charge in [-0.2, -0.15) is 0 Å². The fourth-order valence-electron chi connectivity index (χ4n) is 2.34. The number of thiol groups is 1. The molecule has 126 valence electrons. The number of nitrogens with zero attached hydrogens (tertiary/aromatic N) is 3. The number of carbonyl (C=O) groups is 1. The van der Waals surface area contributed by atoms with Crippen molar-refractivity contribution in [2.45, 2.75) is 11.3 Å². The topological polar surface area (TPSA) is 68.0 Å². The lowest BCUT2D eigenvalue weighted by Gasteiger charge is -2.11. The molecule has 5 nitrogen and oxygen atoms in total. The minimum atomic E-state index is -1.02. The molecule has 0 fully saturated rings. The first-order valence-electron chi connectivity index (χ1n) is 7.21. The second kappa shape index (κ2) is 7.35. The summed E-state index contributed by atoms with van der Waals surface area (Å²) in [5, 5.41) is 17.9. The second-order valence-corrected chi connectivity index (χ2v) is 6.65. The molecule has 0 saturated heterocycles. The number of carboxylic acids is 1. The van der Waals surface area contributed by atoms with E-state index in [1.165, 1.54) is 0 Å². The van der Waals surface area contributed by atoms with Gasteiger partial charge in [-0.15, -0.1) is 22.8 Å². The molecule has 1 aromatic heterocycles. The van der Waals surface area contributed by atoms with Crippen molar-refractivity contribution in [1.29, 1.82) is 0 Å². The van der Waals surface area contributed by atoms with Crippen LogP contribution in [0.5, 0.6) is 0 Å². The molecule has 0 spiro atoms. The fraction of sp³-hybridized carbons (Fsp3) is 0.0588. The third-order valence-electron chi connectivity index (χ3n) is 3.42. The van der Waals surface area contributed by atoms with E-state index in [-0.39, 0.29) is 11.3 Å². The zero-order valence-electron chi connectivity index (χ0n) is 12.8. The van der Waals surface area contributed by atoms with Gasteiger partial charge in [0.1, 0.15) is 0 Å². The molecule has 0 aliphatic heterocycles. The highest BCUT2D eigenvalue weighted by atomic mass is 35.5. The Kier molecular flexibility index (Phi) is 5.17. The van der Waals surface area contributed by atoms with Gasteiger partial charge in [-0.05, 0) is 30.3 Å². The van der Waals surface area contributed by atoms with Gasteiger partial charge >= 0.3 is 5.97 Å². The molecule has 2 aromatic carbocycles. The van der Waals surface area contributed by atoms with Crippen molar-refractivity contribution in [3.05, 3.63) is 59.4 Å². The van der Waals surface area contributed by atoms with Crippen molar-refractivity contribution in [3.8, 4) is 17.1 Å². The molecule has 0 radical (unpaired) electrons. The monoisotopic (exact) mass is 389 g/mol. The minimum Gasteiger partial charge on any atom is -0.481 e. The van der Waals surface area contributed by atoms with E-state index in [0.717, 1.165) is 10.5 Å². The minimum absolute atomic E-state index is 0.192. The fourth-order valence-corrected chi connectivity index (χ4v) is 2.93. The Bertz CT molecular complexity index is 955. The molecule has 0 unspecified atom stereocenters. The van der Waals surface area contributed by atoms with Crippen LogP contribution >= 0.6 is 36.4 Å². The molecule has 25 heavy (non-hydrogen) atoms. The highest BCUT2D eigenvalue weighted by Crippen LogP contribution is 2.26. The summed E-state index contributed by atoms with van der Waals surface area (Å²) < 4.78 is 1.71. The first-order chi connectivity index (χ1) is 12.0. The quantitative estimate of drug-likeness (QED) is 0.391. The average Bonchev–Trinajstić information content (AvgIpc) is 3.00. The Hall–Kier alpha value is -2.22. The number of halogens is 1. The van der Waals surface area contributed by atoms with E-state index in [2.05, 4.69) is 22.8 Å². The van der Waals surface area contributed by atoms with E-state index in [1.807, 2.05) is 30.3 Å². The van der Waals surface area contributed by atoms with Gasteiger partial charge < -0.3 is 5.11 Å². The molecular weight excluding hydrogens is 378 g/mol. The predicted molar refractivity (Wildman–Crippen MR) is 103 cm³/mol. The number of hydrogen-bond acceptors (Lipinski definition) is 5. The molecule has 0 aliphatic carbocycles. The van der Waals surface area contributed by atoms with E-state index >= 15 is 0 Å². The second-order valence-electron chi connectivity index (χ2n) is 5.20. The van der Waals surface area contributed by atoms with Gasteiger partial charge in [0.15, 0.2) is 11.6 Å². The van der Waals surface area contributed by atoms with Crippen LogP contribution < -0.4 is 0 Å². The molecule has 0 amide bonds. The highest BCUT2D eigenvalue weighted by molar-refractivity contribution is 7.81. The summed E-state index contributed by atoms with van der Waals surface area (Å²) in [6.07, 6.45) is -0.302. The van der Waals surface area contributed by atoms with Crippen molar-refractivity contribution in [2.75, 3.05) is 0 Å². The van der Waals surface area contributed by atoms with Gasteiger partial charge in [0.05, 0.1) is 17.0 Å². The number of aromatic nitrogens is 3. The number of aliphatic carboxylic acids is 1. The molecule has 8 heteroatoms. The summed E-state index contributed by atoms with van der Waals surface area (Å²) in [4.78, 5) is 12.0. The van der Waals surface area contributed by atoms with Crippen molar-refractivity contribution in [2.24, 2.45) is 0 Å². The first-order valence-corrected chi connectivity index (χ1v) is 8.45. The summed E-state index contributed by atoms with van der Waals surface area (Å²) >= 11 is 15.6. The van der Waals surface area contributed by atoms with Crippen LogP contribution in [0.3, 0.4) is 0 Å². The van der Waals surface area contributed by atoms with Crippen LogP contribution in [0.25, 0.3) is 17.1 Å². The lowest BCUT2D eigenvalue weighted by Crippen LogP contribution is -2.13. The van der Waals surface area contributed by atoms with Crippen LogP contribution in [0.1, 0.15) is 12.2 Å². The van der Waals surface area contributed by atoms with E-state index in [0.29, 0.717) is 22.4 Å². The largest absolute Gasteiger partial charge is 0.481 e. The summed E-state index contributed by atoms with van der Waals surface area (Å²) in [6.45, 7) is 0. The van der Waals surface area contributed by atoms with E-state index in [1.54, 1.807) is 22.8 Å². The van der Waals surface area contributed by atoms with Crippen molar-refractivity contribution in [3.63, 3.8) is 0 Å². The molecule has 0 bridgehead atoms. The van der Waals surface area contributed by atoms with E-state index < -0.39 is 5.97 Å². The van der Waals surface area contributed by atoms with Gasteiger partial charge in [-0.3, -0.25) is 9.36 Å². The zero-order chi connectivity index (χ0) is 18.0. The van der Waals surface area contributed by atoms with E-state index in [9.17, 15) is 4.79 Å². The molecular formula is C17H12ClN3O2S2. The molecule has 1 N–H and O–H groups in total.